The van der Waals surface area contributed by atoms with E-state index in [1.54, 1.807) is 53.8 Å². The number of hydrogen-bond acceptors (Lipinski definition) is 6. The maximum absolute atomic E-state index is 12.6. The number of nitrogens with one attached hydrogen (secondary N) is 1. The van der Waals surface area contributed by atoms with Crippen molar-refractivity contribution in [1.29, 1.82) is 0 Å². The highest BCUT2D eigenvalue weighted by molar-refractivity contribution is 6.04. The summed E-state index contributed by atoms with van der Waals surface area (Å²) in [4.78, 5) is 23.3. The van der Waals surface area contributed by atoms with Crippen LogP contribution < -0.4 is 5.32 Å². The zero-order chi connectivity index (χ0) is 21.0. The van der Waals surface area contributed by atoms with Crippen molar-refractivity contribution in [1.82, 2.24) is 19.6 Å². The summed E-state index contributed by atoms with van der Waals surface area (Å²) in [5, 5.41) is 22.3. The van der Waals surface area contributed by atoms with E-state index in [1.165, 1.54) is 0 Å². The van der Waals surface area contributed by atoms with Gasteiger partial charge in [-0.3, -0.25) is 19.6 Å². The van der Waals surface area contributed by atoms with Crippen molar-refractivity contribution in [2.45, 2.75) is 34.0 Å². The topological polar surface area (TPSA) is 117 Å². The summed E-state index contributed by atoms with van der Waals surface area (Å²) >= 11 is 0. The molecule has 1 amide bonds. The number of rotatable bonds is 8. The van der Waals surface area contributed by atoms with Gasteiger partial charge in [0.1, 0.15) is 18.1 Å². The molecule has 0 spiro atoms. The average molecular weight is 398 g/mol. The number of nitrogens with zero attached hydrogens (tertiary/aromatic N) is 5. The third kappa shape index (κ3) is 4.66. The molecule has 0 bridgehead atoms. The Morgan fingerprint density at radius 3 is 2.83 bits per heavy atom. The summed E-state index contributed by atoms with van der Waals surface area (Å²) in [6, 6.07) is 7.05. The summed E-state index contributed by atoms with van der Waals surface area (Å²) in [5.74, 6) is -0.276. The Hall–Kier alpha value is -3.53. The Labute approximate surface area is 167 Å². The van der Waals surface area contributed by atoms with E-state index in [2.05, 4.69) is 15.5 Å². The number of hydrogen-bond donors (Lipinski definition) is 1. The molecule has 0 aliphatic rings. The molecule has 29 heavy (non-hydrogen) atoms. The normalized spacial score (nSPS) is 10.9. The quantitative estimate of drug-likeness (QED) is 0.460. The predicted octanol–water partition coefficient (Wildman–Crippen LogP) is 2.90. The van der Waals surface area contributed by atoms with E-state index in [0.717, 1.165) is 5.56 Å². The molecule has 10 heteroatoms. The van der Waals surface area contributed by atoms with Crippen LogP contribution in [0.25, 0.3) is 0 Å². The number of aryl methyl sites for hydroxylation is 1. The molecule has 0 unspecified atom stereocenters. The van der Waals surface area contributed by atoms with Gasteiger partial charge in [-0.05, 0) is 38.5 Å². The number of ether oxygens (including phenoxy) is 1. The molecule has 152 valence electrons. The maximum Gasteiger partial charge on any atom is 0.312 e. The van der Waals surface area contributed by atoms with Gasteiger partial charge in [-0.25, -0.2) is 4.68 Å². The highest BCUT2D eigenvalue weighted by atomic mass is 16.6. The van der Waals surface area contributed by atoms with E-state index in [-0.39, 0.29) is 11.6 Å². The SMILES string of the molecule is CCOCn1cc(NC(=O)c2cccc(Cn3nc(C)c([N+](=O)[O-])c3C)c2)cn1. The van der Waals surface area contributed by atoms with E-state index in [4.69, 9.17) is 4.74 Å². The Morgan fingerprint density at radius 1 is 1.34 bits per heavy atom. The van der Waals surface area contributed by atoms with Gasteiger partial charge in [-0.2, -0.15) is 10.2 Å². The van der Waals surface area contributed by atoms with Gasteiger partial charge in [-0.1, -0.05) is 12.1 Å². The average Bonchev–Trinajstić information content (AvgIpc) is 3.24. The van der Waals surface area contributed by atoms with Crippen LogP contribution in [0.5, 0.6) is 0 Å². The van der Waals surface area contributed by atoms with Gasteiger partial charge in [0, 0.05) is 12.2 Å². The minimum Gasteiger partial charge on any atom is -0.360 e. The van der Waals surface area contributed by atoms with E-state index in [9.17, 15) is 14.9 Å². The van der Waals surface area contributed by atoms with Crippen LogP contribution in [-0.2, 0) is 18.0 Å². The Kier molecular flexibility index (Phi) is 6.03. The first-order valence-corrected chi connectivity index (χ1v) is 9.08. The maximum atomic E-state index is 12.6. The van der Waals surface area contributed by atoms with Gasteiger partial charge in [0.25, 0.3) is 5.91 Å². The second-order valence-corrected chi connectivity index (χ2v) is 6.48. The van der Waals surface area contributed by atoms with E-state index in [0.29, 0.717) is 42.5 Å². The lowest BCUT2D eigenvalue weighted by Gasteiger charge is -2.07. The van der Waals surface area contributed by atoms with Crippen molar-refractivity contribution in [3.8, 4) is 0 Å². The summed E-state index contributed by atoms with van der Waals surface area (Å²) in [6.45, 7) is 6.38. The lowest BCUT2D eigenvalue weighted by molar-refractivity contribution is -0.386. The molecule has 3 rings (SSSR count). The van der Waals surface area contributed by atoms with Gasteiger partial charge < -0.3 is 10.1 Å². The zero-order valence-corrected chi connectivity index (χ0v) is 16.5. The molecule has 1 N–H and O–H groups in total. The molecule has 0 saturated heterocycles. The minimum atomic E-state index is -0.427. The van der Waals surface area contributed by atoms with Crippen LogP contribution in [-0.4, -0.2) is 37.0 Å². The number of benzene rings is 1. The molecule has 0 atom stereocenters. The smallest absolute Gasteiger partial charge is 0.312 e. The molecule has 3 aromatic rings. The highest BCUT2D eigenvalue weighted by Crippen LogP contribution is 2.22. The van der Waals surface area contributed by atoms with Crippen molar-refractivity contribution in [2.24, 2.45) is 0 Å². The highest BCUT2D eigenvalue weighted by Gasteiger charge is 2.21. The van der Waals surface area contributed by atoms with Crippen molar-refractivity contribution in [3.05, 3.63) is 69.3 Å². The third-order valence-corrected chi connectivity index (χ3v) is 4.37. The molecule has 0 aliphatic carbocycles. The molecule has 0 saturated carbocycles. The summed E-state index contributed by atoms with van der Waals surface area (Å²) < 4.78 is 8.43. The van der Waals surface area contributed by atoms with Crippen molar-refractivity contribution in [3.63, 3.8) is 0 Å². The second-order valence-electron chi connectivity index (χ2n) is 6.48. The van der Waals surface area contributed by atoms with E-state index in [1.807, 2.05) is 13.0 Å². The largest absolute Gasteiger partial charge is 0.360 e. The number of anilines is 1. The van der Waals surface area contributed by atoms with Gasteiger partial charge in [0.15, 0.2) is 0 Å². The fourth-order valence-electron chi connectivity index (χ4n) is 2.98. The molecular formula is C19H22N6O4. The number of carbonyl (C=O) groups is 1. The van der Waals surface area contributed by atoms with Gasteiger partial charge in [-0.15, -0.1) is 0 Å². The van der Waals surface area contributed by atoms with Crippen LogP contribution in [0.3, 0.4) is 0 Å². The Bertz CT molecular complexity index is 1040. The first-order valence-electron chi connectivity index (χ1n) is 9.08. The van der Waals surface area contributed by atoms with Gasteiger partial charge in [0.05, 0.1) is 29.5 Å². The fourth-order valence-corrected chi connectivity index (χ4v) is 2.98. The Morgan fingerprint density at radius 2 is 2.14 bits per heavy atom. The predicted molar refractivity (Wildman–Crippen MR) is 106 cm³/mol. The standard InChI is InChI=1S/C19H22N6O4/c1-4-29-12-23-11-17(9-20-23)21-19(26)16-7-5-6-15(8-16)10-24-14(3)18(25(27)28)13(2)22-24/h5-9,11H,4,10,12H2,1-3H3,(H,21,26). The van der Waals surface area contributed by atoms with E-state index >= 15 is 0 Å². The molecule has 2 aromatic heterocycles. The van der Waals surface area contributed by atoms with Crippen LogP contribution in [0.2, 0.25) is 0 Å². The second kappa shape index (κ2) is 8.65. The summed E-state index contributed by atoms with van der Waals surface area (Å²) in [7, 11) is 0. The van der Waals surface area contributed by atoms with Crippen LogP contribution >= 0.6 is 0 Å². The monoisotopic (exact) mass is 398 g/mol. The zero-order valence-electron chi connectivity index (χ0n) is 16.5. The molecule has 0 fully saturated rings. The van der Waals surface area contributed by atoms with Crippen LogP contribution in [0.4, 0.5) is 11.4 Å². The van der Waals surface area contributed by atoms with Crippen LogP contribution in [0.1, 0.15) is 34.2 Å². The lowest BCUT2D eigenvalue weighted by Crippen LogP contribution is -2.12. The first-order chi connectivity index (χ1) is 13.9. The Balaban J connectivity index is 1.72. The summed E-state index contributed by atoms with van der Waals surface area (Å²) in [6.07, 6.45) is 3.24. The first kappa shape index (κ1) is 20.2. The lowest BCUT2D eigenvalue weighted by atomic mass is 10.1. The number of aromatic nitrogens is 4. The van der Waals surface area contributed by atoms with Gasteiger partial charge in [0.2, 0.25) is 0 Å². The van der Waals surface area contributed by atoms with Crippen LogP contribution in [0, 0.1) is 24.0 Å². The third-order valence-electron chi connectivity index (χ3n) is 4.37. The minimum absolute atomic E-state index is 0.0166. The fraction of sp³-hybridized carbons (Fsp3) is 0.316. The number of amides is 1. The van der Waals surface area contributed by atoms with Gasteiger partial charge >= 0.3 is 5.69 Å². The molecule has 1 aromatic carbocycles. The summed E-state index contributed by atoms with van der Waals surface area (Å²) in [5.41, 5.74) is 2.70. The molecular weight excluding hydrogens is 376 g/mol. The van der Waals surface area contributed by atoms with Crippen molar-refractivity contribution < 1.29 is 14.5 Å². The molecule has 10 nitrogen and oxygen atoms in total. The van der Waals surface area contributed by atoms with Crippen molar-refractivity contribution in [2.75, 3.05) is 11.9 Å². The van der Waals surface area contributed by atoms with Crippen LogP contribution in [0.15, 0.2) is 36.7 Å². The number of nitro groups is 1. The molecule has 2 heterocycles. The molecule has 0 radical (unpaired) electrons. The van der Waals surface area contributed by atoms with Crippen molar-refractivity contribution >= 4 is 17.3 Å². The molecule has 0 aliphatic heterocycles. The van der Waals surface area contributed by atoms with E-state index < -0.39 is 4.92 Å². The number of carbonyl (C=O) groups excluding carboxylic acids is 1.